The Labute approximate surface area is 226 Å². The quantitative estimate of drug-likeness (QED) is 0.183. The lowest BCUT2D eigenvalue weighted by Crippen LogP contribution is -2.14. The standard InChI is InChI=1S/C36H32N2/c1-2-35(37-33-23-19-31(20-24-33)29-14-8-4-9-15-29)36(27-18-28-12-6-3-7-13-28)38-34-25-21-32(22-26-34)30-16-10-5-11-17-30/h3-17,19-26H,2,18,27H2,1H3. The summed E-state index contributed by atoms with van der Waals surface area (Å²) in [5, 5.41) is 0. The maximum Gasteiger partial charge on any atom is 0.0634 e. The molecule has 5 aromatic carbocycles. The van der Waals surface area contributed by atoms with Crippen molar-refractivity contribution in [2.45, 2.75) is 26.2 Å². The Hall–Kier alpha value is -4.56. The Balaban J connectivity index is 1.44. The number of rotatable bonds is 9. The highest BCUT2D eigenvalue weighted by molar-refractivity contribution is 6.43. The van der Waals surface area contributed by atoms with Crippen molar-refractivity contribution in [3.63, 3.8) is 0 Å². The van der Waals surface area contributed by atoms with Crippen molar-refractivity contribution in [1.29, 1.82) is 0 Å². The monoisotopic (exact) mass is 492 g/mol. The molecular weight excluding hydrogens is 460 g/mol. The summed E-state index contributed by atoms with van der Waals surface area (Å²) in [4.78, 5) is 10.2. The van der Waals surface area contributed by atoms with Crippen LogP contribution in [0.3, 0.4) is 0 Å². The van der Waals surface area contributed by atoms with Gasteiger partial charge in [0.2, 0.25) is 0 Å². The zero-order valence-corrected chi connectivity index (χ0v) is 21.8. The van der Waals surface area contributed by atoms with Gasteiger partial charge in [-0.25, -0.2) is 0 Å². The van der Waals surface area contributed by atoms with Crippen molar-refractivity contribution in [3.05, 3.63) is 145 Å². The molecule has 2 nitrogen and oxygen atoms in total. The fraction of sp³-hybridized carbons (Fsp3) is 0.111. The zero-order valence-electron chi connectivity index (χ0n) is 21.8. The molecule has 0 aromatic heterocycles. The molecule has 2 heteroatoms. The van der Waals surface area contributed by atoms with Gasteiger partial charge in [-0.15, -0.1) is 0 Å². The predicted molar refractivity (Wildman–Crippen MR) is 163 cm³/mol. The topological polar surface area (TPSA) is 24.7 Å². The maximum absolute atomic E-state index is 5.13. The van der Waals surface area contributed by atoms with E-state index >= 15 is 0 Å². The summed E-state index contributed by atoms with van der Waals surface area (Å²) < 4.78 is 0. The third kappa shape index (κ3) is 6.60. The molecule has 0 aliphatic rings. The Morgan fingerprint density at radius 1 is 0.447 bits per heavy atom. The van der Waals surface area contributed by atoms with Crippen LogP contribution in [0.4, 0.5) is 11.4 Å². The minimum Gasteiger partial charge on any atom is -0.252 e. The van der Waals surface area contributed by atoms with E-state index < -0.39 is 0 Å². The molecule has 5 rings (SSSR count). The average molecular weight is 493 g/mol. The van der Waals surface area contributed by atoms with Crippen molar-refractivity contribution >= 4 is 22.8 Å². The molecule has 0 aliphatic heterocycles. The SMILES string of the molecule is CCC(=Nc1ccc(-c2ccccc2)cc1)C(CCc1ccccc1)=Nc1ccc(-c2ccccc2)cc1. The van der Waals surface area contributed by atoms with Crippen LogP contribution in [0.25, 0.3) is 22.3 Å². The summed E-state index contributed by atoms with van der Waals surface area (Å²) in [5.74, 6) is 0. The van der Waals surface area contributed by atoms with Crippen LogP contribution in [0.5, 0.6) is 0 Å². The van der Waals surface area contributed by atoms with Gasteiger partial charge in [-0.05, 0) is 71.3 Å². The highest BCUT2D eigenvalue weighted by atomic mass is 14.8. The smallest absolute Gasteiger partial charge is 0.0634 e. The van der Waals surface area contributed by atoms with Crippen molar-refractivity contribution < 1.29 is 0 Å². The summed E-state index contributed by atoms with van der Waals surface area (Å²) in [6.45, 7) is 2.16. The highest BCUT2D eigenvalue weighted by Gasteiger charge is 2.10. The van der Waals surface area contributed by atoms with Crippen molar-refractivity contribution in [3.8, 4) is 22.3 Å². The van der Waals surface area contributed by atoms with Gasteiger partial charge in [0.15, 0.2) is 0 Å². The zero-order chi connectivity index (χ0) is 26.0. The first-order valence-electron chi connectivity index (χ1n) is 13.3. The Morgan fingerprint density at radius 2 is 0.842 bits per heavy atom. The molecule has 0 atom stereocenters. The number of hydrogen-bond donors (Lipinski definition) is 0. The van der Waals surface area contributed by atoms with Crippen LogP contribution in [0.15, 0.2) is 150 Å². The van der Waals surface area contributed by atoms with E-state index in [9.17, 15) is 0 Å². The molecule has 0 radical (unpaired) electrons. The van der Waals surface area contributed by atoms with Crippen molar-refractivity contribution in [2.24, 2.45) is 9.98 Å². The van der Waals surface area contributed by atoms with Gasteiger partial charge >= 0.3 is 0 Å². The van der Waals surface area contributed by atoms with Crippen LogP contribution in [-0.2, 0) is 6.42 Å². The second-order valence-electron chi connectivity index (χ2n) is 9.28. The van der Waals surface area contributed by atoms with Crippen LogP contribution >= 0.6 is 0 Å². The van der Waals surface area contributed by atoms with E-state index in [1.54, 1.807) is 0 Å². The molecule has 38 heavy (non-hydrogen) atoms. The Morgan fingerprint density at radius 3 is 1.29 bits per heavy atom. The Kier molecular flexibility index (Phi) is 8.33. The lowest BCUT2D eigenvalue weighted by molar-refractivity contribution is 1.04. The van der Waals surface area contributed by atoms with Gasteiger partial charge in [0.1, 0.15) is 0 Å². The van der Waals surface area contributed by atoms with E-state index in [2.05, 4.69) is 134 Å². The van der Waals surface area contributed by atoms with E-state index in [0.717, 1.165) is 42.1 Å². The van der Waals surface area contributed by atoms with Gasteiger partial charge in [0.25, 0.3) is 0 Å². The van der Waals surface area contributed by atoms with Gasteiger partial charge < -0.3 is 0 Å². The Bertz CT molecular complexity index is 1480. The summed E-state index contributed by atoms with van der Waals surface area (Å²) in [5.41, 5.74) is 10.1. The molecule has 0 N–H and O–H groups in total. The van der Waals surface area contributed by atoms with E-state index in [0.29, 0.717) is 0 Å². The average Bonchev–Trinajstić information content (AvgIpc) is 3.00. The first-order valence-corrected chi connectivity index (χ1v) is 13.3. The van der Waals surface area contributed by atoms with E-state index in [1.165, 1.54) is 27.8 Å². The molecule has 0 fully saturated rings. The third-order valence-electron chi connectivity index (χ3n) is 6.64. The lowest BCUT2D eigenvalue weighted by Gasteiger charge is -2.11. The van der Waals surface area contributed by atoms with Crippen LogP contribution in [-0.4, -0.2) is 11.4 Å². The fourth-order valence-corrected chi connectivity index (χ4v) is 4.55. The van der Waals surface area contributed by atoms with Crippen LogP contribution in [0.1, 0.15) is 25.3 Å². The van der Waals surface area contributed by atoms with Gasteiger partial charge in [0, 0.05) is 0 Å². The first kappa shape index (κ1) is 25.1. The van der Waals surface area contributed by atoms with Gasteiger partial charge in [-0.3, -0.25) is 9.98 Å². The lowest BCUT2D eigenvalue weighted by atomic mass is 10.0. The molecule has 0 saturated heterocycles. The van der Waals surface area contributed by atoms with Crippen molar-refractivity contribution in [2.75, 3.05) is 0 Å². The largest absolute Gasteiger partial charge is 0.252 e. The molecule has 0 saturated carbocycles. The van der Waals surface area contributed by atoms with Crippen LogP contribution < -0.4 is 0 Å². The second kappa shape index (κ2) is 12.6. The molecule has 0 unspecified atom stereocenters. The maximum atomic E-state index is 5.13. The molecule has 0 heterocycles. The van der Waals surface area contributed by atoms with Crippen LogP contribution in [0.2, 0.25) is 0 Å². The first-order chi connectivity index (χ1) is 18.8. The molecule has 0 aliphatic carbocycles. The van der Waals surface area contributed by atoms with E-state index in [-0.39, 0.29) is 0 Å². The summed E-state index contributed by atoms with van der Waals surface area (Å²) in [6, 6.07) is 48.5. The second-order valence-corrected chi connectivity index (χ2v) is 9.28. The number of nitrogens with zero attached hydrogens (tertiary/aromatic N) is 2. The van der Waals surface area contributed by atoms with Crippen LogP contribution in [0, 0.1) is 0 Å². The fourth-order valence-electron chi connectivity index (χ4n) is 4.55. The molecule has 0 amide bonds. The van der Waals surface area contributed by atoms with Gasteiger partial charge in [-0.1, -0.05) is 122 Å². The highest BCUT2D eigenvalue weighted by Crippen LogP contribution is 2.25. The van der Waals surface area contributed by atoms with E-state index in [4.69, 9.17) is 9.98 Å². The number of hydrogen-bond acceptors (Lipinski definition) is 2. The molecule has 0 spiro atoms. The molecule has 186 valence electrons. The summed E-state index contributed by atoms with van der Waals surface area (Å²) >= 11 is 0. The molecule has 0 bridgehead atoms. The predicted octanol–water partition coefficient (Wildman–Crippen LogP) is 9.91. The van der Waals surface area contributed by atoms with Gasteiger partial charge in [0.05, 0.1) is 22.8 Å². The minimum atomic E-state index is 0.816. The van der Waals surface area contributed by atoms with Crippen molar-refractivity contribution in [1.82, 2.24) is 0 Å². The summed E-state index contributed by atoms with van der Waals surface area (Å²) in [7, 11) is 0. The summed E-state index contributed by atoms with van der Waals surface area (Å²) in [6.07, 6.45) is 2.57. The minimum absolute atomic E-state index is 0.816. The number of benzene rings is 5. The normalized spacial score (nSPS) is 11.9. The third-order valence-corrected chi connectivity index (χ3v) is 6.64. The number of aryl methyl sites for hydroxylation is 1. The van der Waals surface area contributed by atoms with Gasteiger partial charge in [-0.2, -0.15) is 0 Å². The number of aliphatic imine (C=N–C) groups is 2. The molecule has 5 aromatic rings. The van der Waals surface area contributed by atoms with E-state index in [1.807, 2.05) is 12.1 Å². The molecular formula is C36H32N2.